The molecule has 5 nitrogen and oxygen atoms in total. The number of ether oxygens (including phenoxy) is 2. The van der Waals surface area contributed by atoms with Crippen LogP contribution >= 0.6 is 0 Å². The van der Waals surface area contributed by atoms with Gasteiger partial charge in [0.15, 0.2) is 0 Å². The minimum absolute atomic E-state index is 0.574. The zero-order valence-corrected chi connectivity index (χ0v) is 12.6. The second-order valence-electron chi connectivity index (χ2n) is 5.16. The molecule has 114 valence electrons. The van der Waals surface area contributed by atoms with Gasteiger partial charge in [-0.25, -0.2) is 0 Å². The van der Waals surface area contributed by atoms with E-state index in [1.165, 1.54) is 12.8 Å². The van der Waals surface area contributed by atoms with E-state index in [4.69, 9.17) is 15.2 Å². The third-order valence-corrected chi connectivity index (χ3v) is 3.80. The second kappa shape index (κ2) is 10.6. The molecule has 5 heteroatoms. The number of piperazine rings is 1. The number of rotatable bonds is 10. The fourth-order valence-electron chi connectivity index (χ4n) is 2.57. The van der Waals surface area contributed by atoms with Crippen molar-refractivity contribution < 1.29 is 9.47 Å². The molecule has 1 fully saturated rings. The molecule has 1 unspecified atom stereocenters. The Morgan fingerprint density at radius 1 is 1.11 bits per heavy atom. The lowest BCUT2D eigenvalue weighted by atomic mass is 10.1. The van der Waals surface area contributed by atoms with Crippen molar-refractivity contribution in [2.24, 2.45) is 5.73 Å². The fourth-order valence-corrected chi connectivity index (χ4v) is 2.57. The zero-order valence-electron chi connectivity index (χ0n) is 12.6. The molecule has 0 spiro atoms. The first kappa shape index (κ1) is 16.9. The van der Waals surface area contributed by atoms with E-state index < -0.39 is 0 Å². The third kappa shape index (κ3) is 6.68. The van der Waals surface area contributed by atoms with Crippen LogP contribution in [0.2, 0.25) is 0 Å². The molecule has 19 heavy (non-hydrogen) atoms. The average Bonchev–Trinajstić information content (AvgIpc) is 2.45. The third-order valence-electron chi connectivity index (χ3n) is 3.80. The molecule has 0 radical (unpaired) electrons. The minimum Gasteiger partial charge on any atom is -0.382 e. The van der Waals surface area contributed by atoms with Gasteiger partial charge in [0, 0.05) is 52.4 Å². The molecule has 0 aliphatic carbocycles. The SMILES string of the molecule is CCCC(CN)N1CCN(CCOCCOC)CC1. The van der Waals surface area contributed by atoms with Crippen molar-refractivity contribution in [3.8, 4) is 0 Å². The summed E-state index contributed by atoms with van der Waals surface area (Å²) in [6, 6.07) is 0.574. The summed E-state index contributed by atoms with van der Waals surface area (Å²) in [5, 5.41) is 0. The Morgan fingerprint density at radius 3 is 2.42 bits per heavy atom. The molecule has 0 bridgehead atoms. The highest BCUT2D eigenvalue weighted by Crippen LogP contribution is 2.10. The van der Waals surface area contributed by atoms with Crippen molar-refractivity contribution in [3.05, 3.63) is 0 Å². The first-order valence-electron chi connectivity index (χ1n) is 7.55. The van der Waals surface area contributed by atoms with Crippen molar-refractivity contribution in [1.82, 2.24) is 9.80 Å². The molecule has 1 rings (SSSR count). The van der Waals surface area contributed by atoms with E-state index in [9.17, 15) is 0 Å². The van der Waals surface area contributed by atoms with E-state index in [1.54, 1.807) is 7.11 Å². The van der Waals surface area contributed by atoms with E-state index in [0.29, 0.717) is 19.3 Å². The number of nitrogens with zero attached hydrogens (tertiary/aromatic N) is 2. The van der Waals surface area contributed by atoms with Crippen molar-refractivity contribution >= 4 is 0 Å². The quantitative estimate of drug-likeness (QED) is 0.584. The summed E-state index contributed by atoms with van der Waals surface area (Å²) in [6.45, 7) is 10.8. The maximum absolute atomic E-state index is 5.86. The van der Waals surface area contributed by atoms with Crippen LogP contribution < -0.4 is 5.73 Å². The van der Waals surface area contributed by atoms with Crippen LogP contribution in [-0.4, -0.2) is 82.0 Å². The highest BCUT2D eigenvalue weighted by Gasteiger charge is 2.21. The summed E-state index contributed by atoms with van der Waals surface area (Å²) in [5.74, 6) is 0. The predicted octanol–water partition coefficient (Wildman–Crippen LogP) is 0.394. The van der Waals surface area contributed by atoms with Crippen LogP contribution in [0, 0.1) is 0 Å². The Morgan fingerprint density at radius 2 is 1.84 bits per heavy atom. The minimum atomic E-state index is 0.574. The number of hydrogen-bond acceptors (Lipinski definition) is 5. The topological polar surface area (TPSA) is 51.0 Å². The maximum Gasteiger partial charge on any atom is 0.0700 e. The summed E-state index contributed by atoms with van der Waals surface area (Å²) in [4.78, 5) is 5.02. The molecule has 1 heterocycles. The van der Waals surface area contributed by atoms with Crippen molar-refractivity contribution in [1.29, 1.82) is 0 Å². The van der Waals surface area contributed by atoms with Crippen LogP contribution in [0.25, 0.3) is 0 Å². The molecule has 2 N–H and O–H groups in total. The zero-order chi connectivity index (χ0) is 13.9. The lowest BCUT2D eigenvalue weighted by Crippen LogP contribution is -2.52. The van der Waals surface area contributed by atoms with E-state index in [-0.39, 0.29) is 0 Å². The van der Waals surface area contributed by atoms with Gasteiger partial charge in [0.2, 0.25) is 0 Å². The smallest absolute Gasteiger partial charge is 0.0700 e. The van der Waals surface area contributed by atoms with Crippen LogP contribution in [0.1, 0.15) is 19.8 Å². The lowest BCUT2D eigenvalue weighted by Gasteiger charge is -2.39. The van der Waals surface area contributed by atoms with E-state index in [1.807, 2.05) is 0 Å². The van der Waals surface area contributed by atoms with Gasteiger partial charge in [0.05, 0.1) is 19.8 Å². The Hall–Kier alpha value is -0.200. The molecule has 0 aromatic carbocycles. The van der Waals surface area contributed by atoms with Gasteiger partial charge in [0.1, 0.15) is 0 Å². The highest BCUT2D eigenvalue weighted by atomic mass is 16.5. The second-order valence-corrected chi connectivity index (χ2v) is 5.16. The number of hydrogen-bond donors (Lipinski definition) is 1. The normalized spacial score (nSPS) is 19.7. The van der Waals surface area contributed by atoms with E-state index in [0.717, 1.165) is 45.9 Å². The summed E-state index contributed by atoms with van der Waals surface area (Å²) in [6.07, 6.45) is 2.44. The van der Waals surface area contributed by atoms with E-state index >= 15 is 0 Å². The van der Waals surface area contributed by atoms with Gasteiger partial charge in [-0.15, -0.1) is 0 Å². The molecule has 1 aliphatic heterocycles. The summed E-state index contributed by atoms with van der Waals surface area (Å²) in [5.41, 5.74) is 5.86. The van der Waals surface area contributed by atoms with Gasteiger partial charge in [-0.05, 0) is 6.42 Å². The fraction of sp³-hybridized carbons (Fsp3) is 1.00. The molecule has 1 atom stereocenters. The predicted molar refractivity (Wildman–Crippen MR) is 78.5 cm³/mol. The van der Waals surface area contributed by atoms with Gasteiger partial charge >= 0.3 is 0 Å². The first-order valence-corrected chi connectivity index (χ1v) is 7.55. The van der Waals surface area contributed by atoms with Gasteiger partial charge in [-0.1, -0.05) is 13.3 Å². The van der Waals surface area contributed by atoms with Gasteiger partial charge in [-0.3, -0.25) is 9.80 Å². The van der Waals surface area contributed by atoms with Crippen molar-refractivity contribution in [2.45, 2.75) is 25.8 Å². The molecule has 1 aliphatic rings. The summed E-state index contributed by atoms with van der Waals surface area (Å²) >= 11 is 0. The first-order chi connectivity index (χ1) is 9.31. The Labute approximate surface area is 118 Å². The van der Waals surface area contributed by atoms with Crippen LogP contribution in [0.5, 0.6) is 0 Å². The Kier molecular flexibility index (Phi) is 9.38. The number of nitrogens with two attached hydrogens (primary N) is 1. The van der Waals surface area contributed by atoms with E-state index in [2.05, 4.69) is 16.7 Å². The summed E-state index contributed by atoms with van der Waals surface area (Å²) in [7, 11) is 1.70. The molecule has 1 saturated heterocycles. The monoisotopic (exact) mass is 273 g/mol. The van der Waals surface area contributed by atoms with Crippen molar-refractivity contribution in [2.75, 3.05) is 66.2 Å². The Bertz CT molecular complexity index is 209. The molecular formula is C14H31N3O2. The largest absolute Gasteiger partial charge is 0.382 e. The molecule has 0 aromatic rings. The maximum atomic E-state index is 5.86. The van der Waals surface area contributed by atoms with Gasteiger partial charge in [0.25, 0.3) is 0 Å². The Balaban J connectivity index is 2.10. The molecule has 0 aromatic heterocycles. The van der Waals surface area contributed by atoms with Crippen LogP contribution in [0.3, 0.4) is 0 Å². The van der Waals surface area contributed by atoms with Crippen LogP contribution in [0.15, 0.2) is 0 Å². The van der Waals surface area contributed by atoms with Crippen LogP contribution in [-0.2, 0) is 9.47 Å². The number of methoxy groups -OCH3 is 1. The standard InChI is InChI=1S/C14H31N3O2/c1-3-4-14(13-15)17-7-5-16(6-8-17)9-10-19-12-11-18-2/h14H,3-13,15H2,1-2H3. The van der Waals surface area contributed by atoms with Crippen molar-refractivity contribution in [3.63, 3.8) is 0 Å². The average molecular weight is 273 g/mol. The highest BCUT2D eigenvalue weighted by molar-refractivity contribution is 4.78. The molecule has 0 amide bonds. The molecule has 0 saturated carbocycles. The van der Waals surface area contributed by atoms with Gasteiger partial charge in [-0.2, -0.15) is 0 Å². The van der Waals surface area contributed by atoms with Crippen LogP contribution in [0.4, 0.5) is 0 Å². The summed E-state index contributed by atoms with van der Waals surface area (Å²) < 4.78 is 10.5. The lowest BCUT2D eigenvalue weighted by molar-refractivity contribution is 0.0397. The molecular weight excluding hydrogens is 242 g/mol. The van der Waals surface area contributed by atoms with Gasteiger partial charge < -0.3 is 15.2 Å².